The van der Waals surface area contributed by atoms with Gasteiger partial charge < -0.3 is 15.3 Å². The lowest BCUT2D eigenvalue weighted by molar-refractivity contribution is 0.0993. The van der Waals surface area contributed by atoms with Crippen LogP contribution in [0.2, 0.25) is 0 Å². The van der Waals surface area contributed by atoms with Crippen LogP contribution >= 0.6 is 11.3 Å². The van der Waals surface area contributed by atoms with Crippen molar-refractivity contribution in [3.05, 3.63) is 70.2 Å². The number of aliphatic hydroxyl groups is 1. The molecule has 4 rings (SSSR count). The van der Waals surface area contributed by atoms with Gasteiger partial charge in [-0.05, 0) is 29.2 Å². The summed E-state index contributed by atoms with van der Waals surface area (Å²) in [5.74, 6) is 0.00451. The van der Waals surface area contributed by atoms with Crippen LogP contribution in [0.3, 0.4) is 0 Å². The number of benzene rings is 2. The highest BCUT2D eigenvalue weighted by atomic mass is 32.1. The number of thiazole rings is 1. The van der Waals surface area contributed by atoms with Gasteiger partial charge in [-0.25, -0.2) is 4.98 Å². The van der Waals surface area contributed by atoms with Crippen molar-refractivity contribution < 1.29 is 9.90 Å². The Kier molecular flexibility index (Phi) is 5.29. The van der Waals surface area contributed by atoms with Gasteiger partial charge in [0.15, 0.2) is 0 Å². The van der Waals surface area contributed by atoms with Crippen molar-refractivity contribution in [3.8, 4) is 11.1 Å². The lowest BCUT2D eigenvalue weighted by atomic mass is 9.98. The van der Waals surface area contributed by atoms with Crippen molar-refractivity contribution in [3.63, 3.8) is 0 Å². The standard InChI is InChI=1S/C21H21N3O2S/c25-12-10-22-14-20-23-13-19(27-20)21(26)24-11-9-17-16(7-4-8-18(17)24)15-5-2-1-3-6-15/h1-8,13,22,25H,9-12,14H2. The van der Waals surface area contributed by atoms with Crippen molar-refractivity contribution in [1.82, 2.24) is 10.3 Å². The summed E-state index contributed by atoms with van der Waals surface area (Å²) < 4.78 is 0. The maximum atomic E-state index is 13.0. The van der Waals surface area contributed by atoms with Crippen molar-refractivity contribution in [1.29, 1.82) is 0 Å². The number of nitrogens with zero attached hydrogens (tertiary/aromatic N) is 2. The minimum absolute atomic E-state index is 0.00451. The van der Waals surface area contributed by atoms with Gasteiger partial charge in [-0.3, -0.25) is 4.79 Å². The molecule has 27 heavy (non-hydrogen) atoms. The number of anilines is 1. The van der Waals surface area contributed by atoms with Gasteiger partial charge >= 0.3 is 0 Å². The smallest absolute Gasteiger partial charge is 0.270 e. The fraction of sp³-hybridized carbons (Fsp3) is 0.238. The number of hydrogen-bond donors (Lipinski definition) is 2. The predicted octanol–water partition coefficient (Wildman–Crippen LogP) is 3.09. The first-order valence-corrected chi connectivity index (χ1v) is 9.85. The number of fused-ring (bicyclic) bond motifs is 1. The zero-order valence-electron chi connectivity index (χ0n) is 14.9. The van der Waals surface area contributed by atoms with Gasteiger partial charge in [0.2, 0.25) is 0 Å². The molecule has 0 radical (unpaired) electrons. The number of aliphatic hydroxyl groups excluding tert-OH is 1. The summed E-state index contributed by atoms with van der Waals surface area (Å²) in [5, 5.41) is 12.8. The summed E-state index contributed by atoms with van der Waals surface area (Å²) >= 11 is 1.41. The van der Waals surface area contributed by atoms with E-state index in [1.54, 1.807) is 6.20 Å². The third kappa shape index (κ3) is 3.64. The second kappa shape index (κ2) is 8.00. The Morgan fingerprint density at radius 2 is 2.04 bits per heavy atom. The molecule has 0 spiro atoms. The molecule has 0 bridgehead atoms. The van der Waals surface area contributed by atoms with Crippen LogP contribution in [-0.2, 0) is 13.0 Å². The molecule has 0 fully saturated rings. The maximum absolute atomic E-state index is 13.0. The van der Waals surface area contributed by atoms with Gasteiger partial charge in [-0.1, -0.05) is 42.5 Å². The van der Waals surface area contributed by atoms with Crippen LogP contribution in [0.1, 0.15) is 20.2 Å². The number of carbonyl (C=O) groups excluding carboxylic acids is 1. The minimum Gasteiger partial charge on any atom is -0.395 e. The van der Waals surface area contributed by atoms with E-state index < -0.39 is 0 Å². The van der Waals surface area contributed by atoms with E-state index in [1.165, 1.54) is 28.0 Å². The molecule has 2 N–H and O–H groups in total. The molecule has 2 aromatic carbocycles. The quantitative estimate of drug-likeness (QED) is 0.646. The molecular formula is C21H21N3O2S. The zero-order chi connectivity index (χ0) is 18.6. The summed E-state index contributed by atoms with van der Waals surface area (Å²) in [5.41, 5.74) is 4.60. The second-order valence-corrected chi connectivity index (χ2v) is 7.51. The molecule has 1 aromatic heterocycles. The molecule has 138 valence electrons. The first kappa shape index (κ1) is 17.9. The number of nitrogens with one attached hydrogen (secondary N) is 1. The van der Waals surface area contributed by atoms with Crippen LogP contribution in [0.5, 0.6) is 0 Å². The van der Waals surface area contributed by atoms with Crippen molar-refractivity contribution >= 4 is 22.9 Å². The Hall–Kier alpha value is -2.54. The highest BCUT2D eigenvalue weighted by molar-refractivity contribution is 7.13. The van der Waals surface area contributed by atoms with Crippen molar-refractivity contribution in [2.45, 2.75) is 13.0 Å². The van der Waals surface area contributed by atoms with E-state index in [9.17, 15) is 4.79 Å². The van der Waals surface area contributed by atoms with E-state index in [0.717, 1.165) is 17.1 Å². The highest BCUT2D eigenvalue weighted by Gasteiger charge is 2.28. The van der Waals surface area contributed by atoms with Gasteiger partial charge in [0.05, 0.1) is 12.8 Å². The van der Waals surface area contributed by atoms with E-state index in [-0.39, 0.29) is 12.5 Å². The van der Waals surface area contributed by atoms with Crippen LogP contribution in [0.4, 0.5) is 5.69 Å². The monoisotopic (exact) mass is 379 g/mol. The normalized spacial score (nSPS) is 13.0. The average Bonchev–Trinajstić information content (AvgIpc) is 3.35. The van der Waals surface area contributed by atoms with Gasteiger partial charge in [0.1, 0.15) is 9.88 Å². The molecule has 0 saturated carbocycles. The first-order chi connectivity index (χ1) is 13.3. The SMILES string of the molecule is O=C(c1cnc(CNCCO)s1)N1CCc2c(-c3ccccc3)cccc21. The number of amides is 1. The topological polar surface area (TPSA) is 65.5 Å². The van der Waals surface area contributed by atoms with Crippen LogP contribution in [0, 0.1) is 0 Å². The van der Waals surface area contributed by atoms with Gasteiger partial charge in [-0.15, -0.1) is 11.3 Å². The Morgan fingerprint density at radius 3 is 2.85 bits per heavy atom. The fourth-order valence-electron chi connectivity index (χ4n) is 3.43. The second-order valence-electron chi connectivity index (χ2n) is 6.39. The molecule has 0 unspecified atom stereocenters. The van der Waals surface area contributed by atoms with Crippen LogP contribution in [-0.4, -0.2) is 35.7 Å². The van der Waals surface area contributed by atoms with Crippen molar-refractivity contribution in [2.75, 3.05) is 24.6 Å². The number of carbonyl (C=O) groups is 1. The summed E-state index contributed by atoms with van der Waals surface area (Å²) in [7, 11) is 0. The maximum Gasteiger partial charge on any atom is 0.270 e. The molecule has 0 aliphatic carbocycles. The largest absolute Gasteiger partial charge is 0.395 e. The minimum atomic E-state index is 0.00451. The molecule has 3 aromatic rings. The molecule has 1 aliphatic rings. The Morgan fingerprint density at radius 1 is 1.19 bits per heavy atom. The number of rotatable bonds is 6. The lowest BCUT2D eigenvalue weighted by Crippen LogP contribution is -2.28. The van der Waals surface area contributed by atoms with Crippen LogP contribution < -0.4 is 10.2 Å². The fourth-order valence-corrected chi connectivity index (χ4v) is 4.27. The van der Waals surface area contributed by atoms with E-state index in [1.807, 2.05) is 35.2 Å². The van der Waals surface area contributed by atoms with E-state index >= 15 is 0 Å². The van der Waals surface area contributed by atoms with E-state index in [2.05, 4.69) is 28.5 Å². The first-order valence-electron chi connectivity index (χ1n) is 9.03. The van der Waals surface area contributed by atoms with E-state index in [4.69, 9.17) is 5.11 Å². The lowest BCUT2D eigenvalue weighted by Gasteiger charge is -2.17. The number of aromatic nitrogens is 1. The molecule has 0 saturated heterocycles. The summed E-state index contributed by atoms with van der Waals surface area (Å²) in [6.45, 7) is 1.86. The molecule has 0 atom stereocenters. The van der Waals surface area contributed by atoms with Gasteiger partial charge in [0.25, 0.3) is 5.91 Å². The Balaban J connectivity index is 1.57. The summed E-state index contributed by atoms with van der Waals surface area (Å²) in [6.07, 6.45) is 2.51. The van der Waals surface area contributed by atoms with E-state index in [0.29, 0.717) is 24.5 Å². The Bertz CT molecular complexity index is 940. The van der Waals surface area contributed by atoms with Crippen LogP contribution in [0.25, 0.3) is 11.1 Å². The Labute approximate surface area is 162 Å². The summed E-state index contributed by atoms with van der Waals surface area (Å²) in [4.78, 5) is 19.9. The molecular weight excluding hydrogens is 358 g/mol. The van der Waals surface area contributed by atoms with Gasteiger partial charge in [-0.2, -0.15) is 0 Å². The van der Waals surface area contributed by atoms with Gasteiger partial charge in [0, 0.05) is 25.3 Å². The molecule has 1 amide bonds. The molecule has 5 nitrogen and oxygen atoms in total. The number of hydrogen-bond acceptors (Lipinski definition) is 5. The molecule has 6 heteroatoms. The third-order valence-corrected chi connectivity index (χ3v) is 5.67. The van der Waals surface area contributed by atoms with Crippen molar-refractivity contribution in [2.24, 2.45) is 0 Å². The highest BCUT2D eigenvalue weighted by Crippen LogP contribution is 2.37. The van der Waals surface area contributed by atoms with Crippen LogP contribution in [0.15, 0.2) is 54.7 Å². The molecule has 1 aliphatic heterocycles. The molecule has 2 heterocycles. The third-order valence-electron chi connectivity index (χ3n) is 4.69. The zero-order valence-corrected chi connectivity index (χ0v) is 15.7. The predicted molar refractivity (Wildman–Crippen MR) is 108 cm³/mol. The summed E-state index contributed by atoms with van der Waals surface area (Å²) in [6, 6.07) is 16.5. The average molecular weight is 379 g/mol.